The molecule has 1 aromatic heterocycles. The minimum Gasteiger partial charge on any atom is -0.497 e. The summed E-state index contributed by atoms with van der Waals surface area (Å²) in [6, 6.07) is 16.9. The van der Waals surface area contributed by atoms with E-state index in [4.69, 9.17) is 37.1 Å². The highest BCUT2D eigenvalue weighted by Crippen LogP contribution is 2.38. The third-order valence-corrected chi connectivity index (χ3v) is 6.78. The molecule has 0 unspecified atom stereocenters. The summed E-state index contributed by atoms with van der Waals surface area (Å²) in [6.07, 6.45) is 0.785. The summed E-state index contributed by atoms with van der Waals surface area (Å²) in [7, 11) is 1.63. The van der Waals surface area contributed by atoms with E-state index in [2.05, 4.69) is 11.0 Å². The zero-order chi connectivity index (χ0) is 23.8. The van der Waals surface area contributed by atoms with E-state index in [9.17, 15) is 4.79 Å². The minimum atomic E-state index is -0.390. The summed E-state index contributed by atoms with van der Waals surface area (Å²) in [5, 5.41) is 2.18. The Labute approximate surface area is 207 Å². The smallest absolute Gasteiger partial charge is 0.336 e. The van der Waals surface area contributed by atoms with Crippen molar-refractivity contribution < 1.29 is 13.9 Å². The van der Waals surface area contributed by atoms with E-state index in [-0.39, 0.29) is 0 Å². The number of nitrogens with zero attached hydrogens (tertiary/aromatic N) is 1. The first-order valence-corrected chi connectivity index (χ1v) is 11.7. The SMILES string of the molecule is COc1ccc(-c2cc(=O)oc3c(C)c4c(cc23)CN(CCc2ccc(Cl)cc2Cl)CO4)cc1. The molecule has 0 saturated carbocycles. The molecule has 34 heavy (non-hydrogen) atoms. The van der Waals surface area contributed by atoms with Gasteiger partial charge in [-0.15, -0.1) is 0 Å². The second-order valence-electron chi connectivity index (χ2n) is 8.39. The van der Waals surface area contributed by atoms with Crippen molar-refractivity contribution in [3.8, 4) is 22.6 Å². The Morgan fingerprint density at radius 2 is 1.85 bits per heavy atom. The van der Waals surface area contributed by atoms with Crippen molar-refractivity contribution in [1.82, 2.24) is 4.90 Å². The topological polar surface area (TPSA) is 51.9 Å². The molecule has 3 aromatic carbocycles. The molecule has 0 atom stereocenters. The van der Waals surface area contributed by atoms with Crippen LogP contribution in [-0.4, -0.2) is 25.3 Å². The van der Waals surface area contributed by atoms with Gasteiger partial charge < -0.3 is 13.9 Å². The lowest BCUT2D eigenvalue weighted by atomic mass is 9.96. The van der Waals surface area contributed by atoms with Crippen LogP contribution in [0.1, 0.15) is 16.7 Å². The first-order valence-electron chi connectivity index (χ1n) is 11.0. The van der Waals surface area contributed by atoms with Crippen LogP contribution in [0.25, 0.3) is 22.1 Å². The summed E-state index contributed by atoms with van der Waals surface area (Å²) < 4.78 is 17.0. The predicted molar refractivity (Wildman–Crippen MR) is 135 cm³/mol. The third-order valence-electron chi connectivity index (χ3n) is 6.19. The number of hydrogen-bond acceptors (Lipinski definition) is 5. The number of hydrogen-bond donors (Lipinski definition) is 0. The molecule has 0 N–H and O–H groups in total. The standard InChI is InChI=1S/C27H23Cl2NO4/c1-16-26-19(14-30(15-33-26)10-9-18-3-6-20(28)12-24(18)29)11-23-22(13-25(31)34-27(16)23)17-4-7-21(32-2)8-5-17/h3-8,11-13H,9-10,14-15H2,1-2H3. The summed E-state index contributed by atoms with van der Waals surface area (Å²) in [6.45, 7) is 3.89. The predicted octanol–water partition coefficient (Wildman–Crippen LogP) is 6.48. The van der Waals surface area contributed by atoms with Crippen LogP contribution in [0.4, 0.5) is 0 Å². The number of halogens is 2. The molecule has 2 heterocycles. The fourth-order valence-electron chi connectivity index (χ4n) is 4.43. The Balaban J connectivity index is 1.48. The normalized spacial score (nSPS) is 13.5. The molecule has 0 radical (unpaired) electrons. The molecule has 0 fully saturated rings. The first-order chi connectivity index (χ1) is 16.4. The van der Waals surface area contributed by atoms with Crippen LogP contribution in [0.3, 0.4) is 0 Å². The number of aryl methyl sites for hydroxylation is 1. The van der Waals surface area contributed by atoms with Crippen molar-refractivity contribution >= 4 is 34.2 Å². The number of methoxy groups -OCH3 is 1. The van der Waals surface area contributed by atoms with Gasteiger partial charge in [-0.3, -0.25) is 4.90 Å². The van der Waals surface area contributed by atoms with Crippen LogP contribution in [0.2, 0.25) is 10.0 Å². The largest absolute Gasteiger partial charge is 0.497 e. The van der Waals surface area contributed by atoms with Gasteiger partial charge in [-0.1, -0.05) is 41.4 Å². The highest BCUT2D eigenvalue weighted by atomic mass is 35.5. The molecule has 1 aliphatic rings. The van der Waals surface area contributed by atoms with Crippen LogP contribution < -0.4 is 15.1 Å². The monoisotopic (exact) mass is 495 g/mol. The average molecular weight is 496 g/mol. The summed E-state index contributed by atoms with van der Waals surface area (Å²) >= 11 is 12.4. The zero-order valence-corrected chi connectivity index (χ0v) is 20.4. The van der Waals surface area contributed by atoms with Gasteiger partial charge in [-0.25, -0.2) is 4.79 Å². The Morgan fingerprint density at radius 3 is 2.59 bits per heavy atom. The second kappa shape index (κ2) is 9.34. The summed E-state index contributed by atoms with van der Waals surface area (Å²) in [5.74, 6) is 1.54. The van der Waals surface area contributed by atoms with Crippen molar-refractivity contribution in [2.24, 2.45) is 0 Å². The van der Waals surface area contributed by atoms with Gasteiger partial charge in [0.05, 0.1) is 7.11 Å². The van der Waals surface area contributed by atoms with Gasteiger partial charge in [-0.2, -0.15) is 0 Å². The van der Waals surface area contributed by atoms with E-state index in [0.29, 0.717) is 22.4 Å². The van der Waals surface area contributed by atoms with E-state index >= 15 is 0 Å². The lowest BCUT2D eigenvalue weighted by Crippen LogP contribution is -2.34. The molecular formula is C27H23Cl2NO4. The zero-order valence-electron chi connectivity index (χ0n) is 18.9. The number of ether oxygens (including phenoxy) is 2. The Kier molecular flexibility index (Phi) is 6.26. The molecule has 4 aromatic rings. The van der Waals surface area contributed by atoms with Crippen LogP contribution >= 0.6 is 23.2 Å². The molecule has 0 saturated heterocycles. The fourth-order valence-corrected chi connectivity index (χ4v) is 4.93. The fraction of sp³-hybridized carbons (Fsp3) is 0.222. The molecule has 5 nitrogen and oxygen atoms in total. The highest BCUT2D eigenvalue weighted by Gasteiger charge is 2.23. The molecule has 174 valence electrons. The molecule has 0 amide bonds. The van der Waals surface area contributed by atoms with Gasteiger partial charge in [0.15, 0.2) is 0 Å². The maximum absolute atomic E-state index is 12.4. The number of benzene rings is 3. The van der Waals surface area contributed by atoms with Gasteiger partial charge in [0.1, 0.15) is 23.8 Å². The quantitative estimate of drug-likeness (QED) is 0.296. The lowest BCUT2D eigenvalue weighted by molar-refractivity contribution is 0.0959. The number of fused-ring (bicyclic) bond motifs is 2. The van der Waals surface area contributed by atoms with Crippen LogP contribution in [0.5, 0.6) is 11.5 Å². The molecule has 7 heteroatoms. The van der Waals surface area contributed by atoms with Crippen molar-refractivity contribution in [3.63, 3.8) is 0 Å². The average Bonchev–Trinajstić information content (AvgIpc) is 2.84. The minimum absolute atomic E-state index is 0.390. The van der Waals surface area contributed by atoms with E-state index in [1.807, 2.05) is 43.3 Å². The van der Waals surface area contributed by atoms with Crippen LogP contribution in [0, 0.1) is 6.92 Å². The molecule has 0 aliphatic carbocycles. The van der Waals surface area contributed by atoms with E-state index in [1.165, 1.54) is 0 Å². The second-order valence-corrected chi connectivity index (χ2v) is 9.23. The lowest BCUT2D eigenvalue weighted by Gasteiger charge is -2.30. The van der Waals surface area contributed by atoms with Crippen molar-refractivity contribution in [2.45, 2.75) is 19.9 Å². The molecule has 1 aliphatic heterocycles. The van der Waals surface area contributed by atoms with Gasteiger partial charge in [0.2, 0.25) is 0 Å². The Bertz CT molecular complexity index is 1430. The van der Waals surface area contributed by atoms with E-state index in [0.717, 1.165) is 64.2 Å². The molecular weight excluding hydrogens is 473 g/mol. The molecule has 0 spiro atoms. The van der Waals surface area contributed by atoms with E-state index < -0.39 is 5.63 Å². The first kappa shape index (κ1) is 22.8. The Hall–Kier alpha value is -2.99. The van der Waals surface area contributed by atoms with Gasteiger partial charge in [-0.05, 0) is 60.4 Å². The molecule has 5 rings (SSSR count). The van der Waals surface area contributed by atoms with E-state index in [1.54, 1.807) is 19.2 Å². The van der Waals surface area contributed by atoms with Crippen LogP contribution in [0.15, 0.2) is 63.8 Å². The van der Waals surface area contributed by atoms with Gasteiger partial charge in [0.25, 0.3) is 0 Å². The summed E-state index contributed by atoms with van der Waals surface area (Å²) in [4.78, 5) is 14.6. The van der Waals surface area contributed by atoms with Gasteiger partial charge in [0, 0.05) is 45.7 Å². The maximum Gasteiger partial charge on any atom is 0.336 e. The van der Waals surface area contributed by atoms with Crippen molar-refractivity contribution in [1.29, 1.82) is 0 Å². The highest BCUT2D eigenvalue weighted by molar-refractivity contribution is 6.35. The van der Waals surface area contributed by atoms with Crippen molar-refractivity contribution in [2.75, 3.05) is 20.4 Å². The maximum atomic E-state index is 12.4. The summed E-state index contributed by atoms with van der Waals surface area (Å²) in [5.41, 5.74) is 4.85. The van der Waals surface area contributed by atoms with Crippen molar-refractivity contribution in [3.05, 3.63) is 91.8 Å². The third kappa shape index (κ3) is 4.39. The molecule has 0 bridgehead atoms. The van der Waals surface area contributed by atoms with Crippen LogP contribution in [-0.2, 0) is 13.0 Å². The Morgan fingerprint density at radius 1 is 1.06 bits per heavy atom. The number of rotatable bonds is 5. The van der Waals surface area contributed by atoms with Gasteiger partial charge >= 0.3 is 5.63 Å².